The van der Waals surface area contributed by atoms with E-state index in [4.69, 9.17) is 10.5 Å². The largest absolute Gasteiger partial charge is 0.444 e. The highest BCUT2D eigenvalue weighted by Crippen LogP contribution is 2.32. The van der Waals surface area contributed by atoms with E-state index < -0.39 is 17.4 Å². The molecule has 1 aliphatic rings. The molecule has 4 N–H and O–H groups in total. The van der Waals surface area contributed by atoms with Gasteiger partial charge < -0.3 is 25.8 Å². The van der Waals surface area contributed by atoms with Gasteiger partial charge in [0.25, 0.3) is 0 Å². The summed E-state index contributed by atoms with van der Waals surface area (Å²) in [5.74, 6) is 0. The van der Waals surface area contributed by atoms with Gasteiger partial charge in [0.2, 0.25) is 0 Å². The van der Waals surface area contributed by atoms with Crippen LogP contribution in [0.4, 0.5) is 10.5 Å². The van der Waals surface area contributed by atoms with Gasteiger partial charge in [0.1, 0.15) is 11.8 Å². The molecule has 6 nitrogen and oxygen atoms in total. The maximum absolute atomic E-state index is 12.2. The lowest BCUT2D eigenvalue weighted by atomic mass is 9.82. The molecule has 24 heavy (non-hydrogen) atoms. The molecule has 1 amide bonds. The molecule has 1 atom stereocenters. The third kappa shape index (κ3) is 4.85. The Balaban J connectivity index is 2.03. The molecular weight excluding hydrogens is 306 g/mol. The lowest BCUT2D eigenvalue weighted by molar-refractivity contribution is 0.0166. The maximum atomic E-state index is 12.2. The number of ether oxygens (including phenoxy) is 1. The first-order valence-corrected chi connectivity index (χ1v) is 8.41. The Morgan fingerprint density at radius 3 is 2.54 bits per heavy atom. The summed E-state index contributed by atoms with van der Waals surface area (Å²) in [6, 6.07) is 7.79. The summed E-state index contributed by atoms with van der Waals surface area (Å²) < 4.78 is 5.42. The summed E-state index contributed by atoms with van der Waals surface area (Å²) in [4.78, 5) is 13.9. The van der Waals surface area contributed by atoms with Crippen molar-refractivity contribution in [3.05, 3.63) is 29.8 Å². The van der Waals surface area contributed by atoms with E-state index in [0.29, 0.717) is 25.9 Å². The molecule has 1 aliphatic heterocycles. The molecule has 0 aromatic heterocycles. The number of aliphatic hydroxyl groups is 1. The third-order valence-electron chi connectivity index (χ3n) is 4.12. The molecule has 0 radical (unpaired) electrons. The Hall–Kier alpha value is -1.79. The van der Waals surface area contributed by atoms with Gasteiger partial charge in [0.05, 0.1) is 0 Å². The fourth-order valence-corrected chi connectivity index (χ4v) is 2.86. The quantitative estimate of drug-likeness (QED) is 0.739. The Bertz CT molecular complexity index is 573. The normalized spacial score (nSPS) is 18.8. The number of carbonyl (C=O) groups excluding carboxylic acids is 1. The van der Waals surface area contributed by atoms with E-state index in [1.54, 1.807) is 11.8 Å². The first kappa shape index (κ1) is 18.5. The molecule has 0 saturated carbocycles. The molecule has 1 saturated heterocycles. The lowest BCUT2D eigenvalue weighted by Gasteiger charge is -2.40. The topological polar surface area (TPSA) is 87.8 Å². The van der Waals surface area contributed by atoms with Crippen LogP contribution in [0.25, 0.3) is 0 Å². The van der Waals surface area contributed by atoms with Gasteiger partial charge in [-0.3, -0.25) is 0 Å². The van der Waals surface area contributed by atoms with Crippen LogP contribution in [0.3, 0.4) is 0 Å². The summed E-state index contributed by atoms with van der Waals surface area (Å²) in [6.07, 6.45) is 0.437. The molecule has 1 aromatic carbocycles. The van der Waals surface area contributed by atoms with Gasteiger partial charge in [-0.05, 0) is 58.2 Å². The smallest absolute Gasteiger partial charge is 0.410 e. The zero-order valence-corrected chi connectivity index (χ0v) is 15.0. The lowest BCUT2D eigenvalue weighted by Crippen LogP contribution is -2.50. The predicted octanol–water partition coefficient (Wildman–Crippen LogP) is 2.62. The molecule has 0 spiro atoms. The highest BCUT2D eigenvalue weighted by molar-refractivity contribution is 5.68. The second-order valence-electron chi connectivity index (χ2n) is 7.52. The monoisotopic (exact) mass is 335 g/mol. The van der Waals surface area contributed by atoms with Crippen molar-refractivity contribution in [3.63, 3.8) is 0 Å². The van der Waals surface area contributed by atoms with Crippen LogP contribution in [0.1, 0.15) is 46.1 Å². The molecular formula is C18H29N3O3. The van der Waals surface area contributed by atoms with Crippen molar-refractivity contribution >= 4 is 11.8 Å². The fourth-order valence-electron chi connectivity index (χ4n) is 2.86. The van der Waals surface area contributed by atoms with Crippen molar-refractivity contribution < 1.29 is 14.6 Å². The first-order chi connectivity index (χ1) is 11.1. The third-order valence-corrected chi connectivity index (χ3v) is 4.12. The minimum absolute atomic E-state index is 0.283. The average Bonchev–Trinajstić information content (AvgIpc) is 2.45. The summed E-state index contributed by atoms with van der Waals surface area (Å²) in [5, 5.41) is 12.4. The number of nitrogens with two attached hydrogens (primary N) is 1. The molecule has 1 heterocycles. The van der Waals surface area contributed by atoms with Crippen LogP contribution in [-0.4, -0.2) is 41.0 Å². The minimum atomic E-state index is -0.622. The maximum Gasteiger partial charge on any atom is 0.410 e. The average molecular weight is 335 g/mol. The molecule has 1 fully saturated rings. The summed E-state index contributed by atoms with van der Waals surface area (Å²) >= 11 is 0. The van der Waals surface area contributed by atoms with E-state index >= 15 is 0 Å². The Morgan fingerprint density at radius 2 is 2.00 bits per heavy atom. The zero-order valence-electron chi connectivity index (χ0n) is 15.0. The molecule has 0 bridgehead atoms. The van der Waals surface area contributed by atoms with Crippen molar-refractivity contribution in [3.8, 4) is 0 Å². The molecule has 1 aromatic rings. The number of hydrogen-bond donors (Lipinski definition) is 3. The fraction of sp³-hybridized carbons (Fsp3) is 0.611. The number of aliphatic hydroxyl groups excluding tert-OH is 1. The first-order valence-electron chi connectivity index (χ1n) is 8.41. The van der Waals surface area contributed by atoms with Gasteiger partial charge >= 0.3 is 6.09 Å². The van der Waals surface area contributed by atoms with Crippen LogP contribution < -0.4 is 11.1 Å². The molecule has 0 aliphatic carbocycles. The van der Waals surface area contributed by atoms with Crippen LogP contribution in [0.15, 0.2) is 24.3 Å². The van der Waals surface area contributed by atoms with E-state index in [1.165, 1.54) is 0 Å². The number of piperidine rings is 1. The number of hydrogen-bond acceptors (Lipinski definition) is 5. The standard InChI is InChI=1S/C18H29N3O3/c1-13(22)20-15-7-5-6-14(12-15)18(19)8-10-21(11-9-18)16(23)24-17(2,3)4/h5-7,12-13,20,22H,8-11,19H2,1-4H3. The van der Waals surface area contributed by atoms with Gasteiger partial charge in [0, 0.05) is 24.3 Å². The van der Waals surface area contributed by atoms with Gasteiger partial charge in [-0.15, -0.1) is 0 Å². The number of benzene rings is 1. The van der Waals surface area contributed by atoms with E-state index in [-0.39, 0.29) is 6.09 Å². The van der Waals surface area contributed by atoms with E-state index in [9.17, 15) is 9.90 Å². The number of amides is 1. The van der Waals surface area contributed by atoms with Crippen LogP contribution in [0, 0.1) is 0 Å². The molecule has 134 valence electrons. The van der Waals surface area contributed by atoms with Gasteiger partial charge in [-0.2, -0.15) is 0 Å². The zero-order chi connectivity index (χ0) is 18.0. The summed E-state index contributed by atoms with van der Waals surface area (Å²) in [5.41, 5.74) is 7.48. The SMILES string of the molecule is CC(O)Nc1cccc(C2(N)CCN(C(=O)OC(C)(C)C)CC2)c1. The molecule has 2 rings (SSSR count). The van der Waals surface area contributed by atoms with Gasteiger partial charge in [-0.25, -0.2) is 4.79 Å². The Kier molecular flexibility index (Phi) is 5.40. The van der Waals surface area contributed by atoms with Crippen LogP contribution in [0.5, 0.6) is 0 Å². The second kappa shape index (κ2) is 6.99. The number of likely N-dealkylation sites (tertiary alicyclic amines) is 1. The highest BCUT2D eigenvalue weighted by atomic mass is 16.6. The van der Waals surface area contributed by atoms with Crippen LogP contribution in [0.2, 0.25) is 0 Å². The number of carbonyl (C=O) groups is 1. The van der Waals surface area contributed by atoms with Crippen molar-refractivity contribution in [2.45, 2.75) is 57.9 Å². The van der Waals surface area contributed by atoms with Crippen molar-refractivity contribution in [2.24, 2.45) is 5.73 Å². The Morgan fingerprint density at radius 1 is 1.38 bits per heavy atom. The predicted molar refractivity (Wildman–Crippen MR) is 94.7 cm³/mol. The van der Waals surface area contributed by atoms with Gasteiger partial charge in [0.15, 0.2) is 0 Å². The highest BCUT2D eigenvalue weighted by Gasteiger charge is 2.35. The van der Waals surface area contributed by atoms with E-state index in [0.717, 1.165) is 11.3 Å². The molecule has 1 unspecified atom stereocenters. The van der Waals surface area contributed by atoms with Crippen molar-refractivity contribution in [1.29, 1.82) is 0 Å². The van der Waals surface area contributed by atoms with Crippen LogP contribution >= 0.6 is 0 Å². The number of nitrogens with zero attached hydrogens (tertiary/aromatic N) is 1. The molecule has 6 heteroatoms. The number of nitrogens with one attached hydrogen (secondary N) is 1. The van der Waals surface area contributed by atoms with Crippen molar-refractivity contribution in [2.75, 3.05) is 18.4 Å². The van der Waals surface area contributed by atoms with E-state index in [2.05, 4.69) is 5.32 Å². The van der Waals surface area contributed by atoms with E-state index in [1.807, 2.05) is 45.0 Å². The van der Waals surface area contributed by atoms with Gasteiger partial charge in [-0.1, -0.05) is 12.1 Å². The second-order valence-corrected chi connectivity index (χ2v) is 7.52. The summed E-state index contributed by atoms with van der Waals surface area (Å²) in [6.45, 7) is 8.40. The number of anilines is 1. The van der Waals surface area contributed by atoms with Crippen LogP contribution in [-0.2, 0) is 10.3 Å². The number of rotatable bonds is 3. The minimum Gasteiger partial charge on any atom is -0.444 e. The van der Waals surface area contributed by atoms with Crippen molar-refractivity contribution in [1.82, 2.24) is 4.90 Å². The Labute approximate surface area is 144 Å². The summed E-state index contributed by atoms with van der Waals surface area (Å²) in [7, 11) is 0.